The first-order valence-corrected chi connectivity index (χ1v) is 9.39. The van der Waals surface area contributed by atoms with E-state index in [1.807, 2.05) is 66.7 Å². The van der Waals surface area contributed by atoms with Crippen LogP contribution in [0.5, 0.6) is 5.75 Å². The Bertz CT molecular complexity index is 740. The van der Waals surface area contributed by atoms with Crippen LogP contribution in [0.25, 0.3) is 0 Å². The molecule has 7 heteroatoms. The van der Waals surface area contributed by atoms with Gasteiger partial charge in [-0.15, -0.1) is 0 Å². The van der Waals surface area contributed by atoms with Crippen molar-refractivity contribution in [3.8, 4) is 5.75 Å². The Morgan fingerprint density at radius 2 is 1.61 bits per heavy atom. The fourth-order valence-corrected chi connectivity index (χ4v) is 3.18. The lowest BCUT2D eigenvalue weighted by atomic mass is 9.80. The standard InChI is InChI=1S/C21H32N2O5/c1-14-11-15(26-8)9-10-16(14)21(22-17(24)27-19(2,3)4)12-23(13-21)18(25)28-20(5,6)7/h9-11H,12-13H2,1-8H3,(H,22,24). The predicted octanol–water partition coefficient (Wildman–Crippen LogP) is 3.97. The summed E-state index contributed by atoms with van der Waals surface area (Å²) in [5, 5.41) is 2.98. The summed E-state index contributed by atoms with van der Waals surface area (Å²) in [7, 11) is 1.61. The molecule has 1 aliphatic heterocycles. The summed E-state index contributed by atoms with van der Waals surface area (Å²) in [5.41, 5.74) is -0.0628. The number of hydrogen-bond donors (Lipinski definition) is 1. The molecular weight excluding hydrogens is 360 g/mol. The van der Waals surface area contributed by atoms with Gasteiger partial charge in [0.05, 0.1) is 20.2 Å². The molecule has 1 fully saturated rings. The third kappa shape index (κ3) is 5.30. The average molecular weight is 392 g/mol. The van der Waals surface area contributed by atoms with E-state index in [1.165, 1.54) is 0 Å². The summed E-state index contributed by atoms with van der Waals surface area (Å²) in [6.07, 6.45) is -0.924. The van der Waals surface area contributed by atoms with Gasteiger partial charge in [0, 0.05) is 0 Å². The number of benzene rings is 1. The van der Waals surface area contributed by atoms with Gasteiger partial charge in [-0.3, -0.25) is 0 Å². The van der Waals surface area contributed by atoms with E-state index in [4.69, 9.17) is 14.2 Å². The second-order valence-corrected chi connectivity index (χ2v) is 9.23. The Balaban J connectivity index is 2.26. The van der Waals surface area contributed by atoms with Crippen LogP contribution in [0.15, 0.2) is 18.2 Å². The SMILES string of the molecule is COc1ccc(C2(NC(=O)OC(C)(C)C)CN(C(=O)OC(C)(C)C)C2)c(C)c1. The molecule has 0 aromatic heterocycles. The van der Waals surface area contributed by atoms with Gasteiger partial charge < -0.3 is 24.4 Å². The smallest absolute Gasteiger partial charge is 0.410 e. The minimum absolute atomic E-state index is 0.300. The van der Waals surface area contributed by atoms with E-state index in [2.05, 4.69) is 5.32 Å². The Morgan fingerprint density at radius 1 is 1.04 bits per heavy atom. The highest BCUT2D eigenvalue weighted by molar-refractivity contribution is 5.73. The Hall–Kier alpha value is -2.44. The van der Waals surface area contributed by atoms with Crippen LogP contribution in [0.4, 0.5) is 9.59 Å². The molecule has 1 aromatic rings. The second-order valence-electron chi connectivity index (χ2n) is 9.23. The lowest BCUT2D eigenvalue weighted by Crippen LogP contribution is -2.69. The molecule has 156 valence electrons. The average Bonchev–Trinajstić information content (AvgIpc) is 2.46. The van der Waals surface area contributed by atoms with Crippen molar-refractivity contribution in [3.63, 3.8) is 0 Å². The molecule has 1 aromatic carbocycles. The fraction of sp³-hybridized carbons (Fsp3) is 0.619. The van der Waals surface area contributed by atoms with E-state index in [9.17, 15) is 9.59 Å². The van der Waals surface area contributed by atoms with Crippen LogP contribution in [0.1, 0.15) is 52.7 Å². The van der Waals surface area contributed by atoms with E-state index in [-0.39, 0.29) is 0 Å². The highest BCUT2D eigenvalue weighted by Crippen LogP contribution is 2.36. The fourth-order valence-electron chi connectivity index (χ4n) is 3.18. The van der Waals surface area contributed by atoms with E-state index >= 15 is 0 Å². The number of hydrogen-bond acceptors (Lipinski definition) is 5. The molecule has 0 radical (unpaired) electrons. The van der Waals surface area contributed by atoms with Gasteiger partial charge in [-0.1, -0.05) is 6.07 Å². The van der Waals surface area contributed by atoms with Crippen LogP contribution in [0.3, 0.4) is 0 Å². The van der Waals surface area contributed by atoms with Crippen molar-refractivity contribution in [2.45, 2.75) is 65.2 Å². The molecule has 0 aliphatic carbocycles. The molecule has 7 nitrogen and oxygen atoms in total. The quantitative estimate of drug-likeness (QED) is 0.842. The normalized spacial score (nSPS) is 16.1. The molecule has 1 saturated heterocycles. The summed E-state index contributed by atoms with van der Waals surface area (Å²) in [5.74, 6) is 0.733. The molecule has 2 amide bonds. The highest BCUT2D eigenvalue weighted by atomic mass is 16.6. The van der Waals surface area contributed by atoms with Crippen molar-refractivity contribution < 1.29 is 23.8 Å². The highest BCUT2D eigenvalue weighted by Gasteiger charge is 2.50. The van der Waals surface area contributed by atoms with Crippen molar-refractivity contribution in [2.24, 2.45) is 0 Å². The summed E-state index contributed by atoms with van der Waals surface area (Å²) >= 11 is 0. The molecule has 0 spiro atoms. The summed E-state index contributed by atoms with van der Waals surface area (Å²) in [6, 6.07) is 5.67. The largest absolute Gasteiger partial charge is 0.497 e. The Labute approximate surface area is 167 Å². The first-order valence-electron chi connectivity index (χ1n) is 9.39. The van der Waals surface area contributed by atoms with Gasteiger partial charge in [0.1, 0.15) is 22.5 Å². The van der Waals surface area contributed by atoms with Crippen LogP contribution in [-0.4, -0.2) is 48.5 Å². The zero-order valence-corrected chi connectivity index (χ0v) is 18.1. The third-order valence-electron chi connectivity index (χ3n) is 4.26. The monoisotopic (exact) mass is 392 g/mol. The molecule has 0 bridgehead atoms. The van der Waals surface area contributed by atoms with Gasteiger partial charge >= 0.3 is 12.2 Å². The van der Waals surface area contributed by atoms with E-state index in [0.717, 1.165) is 16.9 Å². The summed E-state index contributed by atoms with van der Waals surface area (Å²) in [6.45, 7) is 13.5. The minimum atomic E-state index is -0.740. The van der Waals surface area contributed by atoms with Gasteiger partial charge in [0.15, 0.2) is 0 Å². The third-order valence-corrected chi connectivity index (χ3v) is 4.26. The summed E-state index contributed by atoms with van der Waals surface area (Å²) < 4.78 is 16.2. The number of carbonyl (C=O) groups is 2. The molecule has 1 aliphatic rings. The maximum atomic E-state index is 12.5. The van der Waals surface area contributed by atoms with Gasteiger partial charge in [-0.05, 0) is 71.7 Å². The lowest BCUT2D eigenvalue weighted by molar-refractivity contribution is -0.0231. The van der Waals surface area contributed by atoms with Gasteiger partial charge in [0.25, 0.3) is 0 Å². The molecular formula is C21H32N2O5. The summed E-state index contributed by atoms with van der Waals surface area (Å²) in [4.78, 5) is 26.5. The molecule has 2 rings (SSSR count). The number of aryl methyl sites for hydroxylation is 1. The van der Waals surface area contributed by atoms with Crippen LogP contribution in [0, 0.1) is 6.92 Å². The molecule has 0 saturated carbocycles. The number of methoxy groups -OCH3 is 1. The lowest BCUT2D eigenvalue weighted by Gasteiger charge is -2.50. The van der Waals surface area contributed by atoms with Crippen LogP contribution < -0.4 is 10.1 Å². The Kier molecular flexibility index (Phi) is 5.87. The number of carbonyl (C=O) groups excluding carboxylic acids is 2. The predicted molar refractivity (Wildman–Crippen MR) is 107 cm³/mol. The van der Waals surface area contributed by atoms with Crippen LogP contribution in [-0.2, 0) is 15.0 Å². The van der Waals surface area contributed by atoms with Gasteiger partial charge in [-0.2, -0.15) is 0 Å². The van der Waals surface area contributed by atoms with Gasteiger partial charge in [0.2, 0.25) is 0 Å². The van der Waals surface area contributed by atoms with Crippen molar-refractivity contribution >= 4 is 12.2 Å². The molecule has 1 N–H and O–H groups in total. The zero-order valence-electron chi connectivity index (χ0n) is 18.1. The first-order chi connectivity index (χ1) is 12.7. The topological polar surface area (TPSA) is 77.1 Å². The second kappa shape index (κ2) is 7.53. The number of nitrogens with one attached hydrogen (secondary N) is 1. The first kappa shape index (κ1) is 21.9. The zero-order chi connectivity index (χ0) is 21.3. The number of ether oxygens (including phenoxy) is 3. The molecule has 28 heavy (non-hydrogen) atoms. The van der Waals surface area contributed by atoms with Crippen molar-refractivity contribution in [1.29, 1.82) is 0 Å². The Morgan fingerprint density at radius 3 is 2.07 bits per heavy atom. The van der Waals surface area contributed by atoms with Crippen LogP contribution in [0.2, 0.25) is 0 Å². The number of likely N-dealkylation sites (tertiary alicyclic amines) is 1. The molecule has 0 atom stereocenters. The maximum absolute atomic E-state index is 12.5. The van der Waals surface area contributed by atoms with E-state index < -0.39 is 28.9 Å². The van der Waals surface area contributed by atoms with Gasteiger partial charge in [-0.25, -0.2) is 9.59 Å². The molecule has 0 unspecified atom stereocenters. The van der Waals surface area contributed by atoms with E-state index in [0.29, 0.717) is 13.1 Å². The van der Waals surface area contributed by atoms with Crippen LogP contribution >= 0.6 is 0 Å². The number of nitrogens with zero attached hydrogens (tertiary/aromatic N) is 1. The number of alkyl carbamates (subject to hydrolysis) is 1. The number of rotatable bonds is 3. The maximum Gasteiger partial charge on any atom is 0.410 e. The molecule has 1 heterocycles. The van der Waals surface area contributed by atoms with Crippen molar-refractivity contribution in [2.75, 3.05) is 20.2 Å². The van der Waals surface area contributed by atoms with E-state index in [1.54, 1.807) is 12.0 Å². The van der Waals surface area contributed by atoms with Crippen molar-refractivity contribution in [1.82, 2.24) is 10.2 Å². The number of amides is 2. The minimum Gasteiger partial charge on any atom is -0.497 e. The van der Waals surface area contributed by atoms with Crippen molar-refractivity contribution in [3.05, 3.63) is 29.3 Å².